The van der Waals surface area contributed by atoms with Crippen LogP contribution in [0, 0.1) is 0 Å². The van der Waals surface area contributed by atoms with Crippen molar-refractivity contribution in [3.63, 3.8) is 0 Å². The fourth-order valence-electron chi connectivity index (χ4n) is 2.29. The van der Waals surface area contributed by atoms with E-state index in [1.165, 1.54) is 16.8 Å². The van der Waals surface area contributed by atoms with E-state index in [1.54, 1.807) is 0 Å². The van der Waals surface area contributed by atoms with Crippen LogP contribution in [0.1, 0.15) is 36.1 Å². The molecule has 0 atom stereocenters. The SMILES string of the molecule is CCCCn1nc(C(=O)OCc2nc(-c3cccc(Br)c3)no2)ccc1=O. The number of carbonyl (C=O) groups is 1. The summed E-state index contributed by atoms with van der Waals surface area (Å²) in [5.74, 6) is -0.103. The number of aryl methyl sites for hydroxylation is 1. The van der Waals surface area contributed by atoms with Gasteiger partial charge in [-0.2, -0.15) is 10.1 Å². The number of halogens is 1. The van der Waals surface area contributed by atoms with E-state index < -0.39 is 5.97 Å². The van der Waals surface area contributed by atoms with Gasteiger partial charge in [-0.15, -0.1) is 0 Å². The van der Waals surface area contributed by atoms with Crippen molar-refractivity contribution in [2.75, 3.05) is 0 Å². The second-order valence-electron chi connectivity index (χ2n) is 5.73. The summed E-state index contributed by atoms with van der Waals surface area (Å²) in [5, 5.41) is 7.92. The van der Waals surface area contributed by atoms with Crippen LogP contribution in [0.5, 0.6) is 0 Å². The van der Waals surface area contributed by atoms with Crippen molar-refractivity contribution in [3.8, 4) is 11.4 Å². The number of ether oxygens (including phenoxy) is 1. The van der Waals surface area contributed by atoms with E-state index in [4.69, 9.17) is 9.26 Å². The summed E-state index contributed by atoms with van der Waals surface area (Å²) in [4.78, 5) is 28.1. The summed E-state index contributed by atoms with van der Waals surface area (Å²) in [6.45, 7) is 2.28. The van der Waals surface area contributed by atoms with Crippen LogP contribution in [0.3, 0.4) is 0 Å². The molecule has 0 unspecified atom stereocenters. The summed E-state index contributed by atoms with van der Waals surface area (Å²) < 4.78 is 12.4. The lowest BCUT2D eigenvalue weighted by molar-refractivity contribution is 0.0419. The molecule has 0 fully saturated rings. The Hall–Kier alpha value is -2.81. The summed E-state index contributed by atoms with van der Waals surface area (Å²) in [7, 11) is 0. The molecule has 2 heterocycles. The van der Waals surface area contributed by atoms with Crippen LogP contribution < -0.4 is 5.56 Å². The lowest BCUT2D eigenvalue weighted by Gasteiger charge is -2.05. The van der Waals surface area contributed by atoms with Crippen molar-refractivity contribution in [3.05, 3.63) is 62.8 Å². The highest BCUT2D eigenvalue weighted by molar-refractivity contribution is 9.10. The number of unbranched alkanes of at least 4 members (excludes halogenated alkanes) is 1. The lowest BCUT2D eigenvalue weighted by Crippen LogP contribution is -2.25. The van der Waals surface area contributed by atoms with Crippen LogP contribution >= 0.6 is 15.9 Å². The van der Waals surface area contributed by atoms with Crippen molar-refractivity contribution >= 4 is 21.9 Å². The zero-order valence-electron chi connectivity index (χ0n) is 14.6. The molecule has 0 amide bonds. The molecule has 0 saturated carbocycles. The Labute approximate surface area is 163 Å². The second-order valence-corrected chi connectivity index (χ2v) is 6.65. The summed E-state index contributed by atoms with van der Waals surface area (Å²) >= 11 is 3.38. The normalized spacial score (nSPS) is 10.7. The summed E-state index contributed by atoms with van der Waals surface area (Å²) in [6.07, 6.45) is 1.71. The molecule has 0 N–H and O–H groups in total. The van der Waals surface area contributed by atoms with Gasteiger partial charge in [0.15, 0.2) is 12.3 Å². The molecule has 2 aromatic heterocycles. The molecular formula is C18H17BrN4O4. The van der Waals surface area contributed by atoms with Crippen LogP contribution in [-0.2, 0) is 17.9 Å². The Morgan fingerprint density at radius 2 is 2.15 bits per heavy atom. The largest absolute Gasteiger partial charge is 0.451 e. The molecule has 0 saturated heterocycles. The number of aromatic nitrogens is 4. The van der Waals surface area contributed by atoms with E-state index >= 15 is 0 Å². The number of rotatable bonds is 7. The Balaban J connectivity index is 1.65. The van der Waals surface area contributed by atoms with E-state index in [-0.39, 0.29) is 23.8 Å². The van der Waals surface area contributed by atoms with Gasteiger partial charge in [-0.05, 0) is 24.6 Å². The number of hydrogen-bond donors (Lipinski definition) is 0. The van der Waals surface area contributed by atoms with Crippen LogP contribution in [-0.4, -0.2) is 25.9 Å². The molecule has 0 aliphatic heterocycles. The standard InChI is InChI=1S/C18H17BrN4O4/c1-2-3-9-23-16(24)8-7-14(21-23)18(25)26-11-15-20-17(22-27-15)12-5-4-6-13(19)10-12/h4-8,10H,2-3,9,11H2,1H3. The minimum atomic E-state index is -0.664. The number of benzene rings is 1. The average Bonchev–Trinajstić information content (AvgIpc) is 3.14. The van der Waals surface area contributed by atoms with Gasteiger partial charge in [0.25, 0.3) is 11.4 Å². The maximum atomic E-state index is 12.2. The van der Waals surface area contributed by atoms with Crippen LogP contribution in [0.2, 0.25) is 0 Å². The third kappa shape index (κ3) is 4.88. The second kappa shape index (κ2) is 8.72. The number of hydrogen-bond acceptors (Lipinski definition) is 7. The number of carbonyl (C=O) groups excluding carboxylic acids is 1. The molecule has 0 spiro atoms. The zero-order chi connectivity index (χ0) is 19.2. The van der Waals surface area contributed by atoms with E-state index in [1.807, 2.05) is 31.2 Å². The van der Waals surface area contributed by atoms with Gasteiger partial charge in [0.05, 0.1) is 0 Å². The van der Waals surface area contributed by atoms with Gasteiger partial charge >= 0.3 is 5.97 Å². The Morgan fingerprint density at radius 1 is 1.30 bits per heavy atom. The first-order valence-corrected chi connectivity index (χ1v) is 9.20. The highest BCUT2D eigenvalue weighted by Gasteiger charge is 2.15. The average molecular weight is 433 g/mol. The topological polar surface area (TPSA) is 100 Å². The minimum Gasteiger partial charge on any atom is -0.451 e. The highest BCUT2D eigenvalue weighted by Crippen LogP contribution is 2.20. The van der Waals surface area contributed by atoms with Gasteiger partial charge in [0.1, 0.15) is 0 Å². The van der Waals surface area contributed by atoms with Crippen molar-refractivity contribution in [2.24, 2.45) is 0 Å². The van der Waals surface area contributed by atoms with E-state index in [0.717, 1.165) is 22.9 Å². The molecule has 9 heteroatoms. The quantitative estimate of drug-likeness (QED) is 0.528. The Morgan fingerprint density at radius 3 is 2.93 bits per heavy atom. The van der Waals surface area contributed by atoms with Crippen molar-refractivity contribution in [1.82, 2.24) is 19.9 Å². The highest BCUT2D eigenvalue weighted by atomic mass is 79.9. The van der Waals surface area contributed by atoms with Gasteiger partial charge in [-0.3, -0.25) is 4.79 Å². The van der Waals surface area contributed by atoms with E-state index in [0.29, 0.717) is 12.4 Å². The van der Waals surface area contributed by atoms with Crippen LogP contribution in [0.15, 0.2) is 50.2 Å². The van der Waals surface area contributed by atoms with Crippen LogP contribution in [0.4, 0.5) is 0 Å². The lowest BCUT2D eigenvalue weighted by atomic mass is 10.2. The summed E-state index contributed by atoms with van der Waals surface area (Å²) in [6, 6.07) is 10.1. The third-order valence-corrected chi connectivity index (χ3v) is 4.17. The first kappa shape index (κ1) is 19.0. The van der Waals surface area contributed by atoms with Gasteiger partial charge < -0.3 is 9.26 Å². The smallest absolute Gasteiger partial charge is 0.359 e. The van der Waals surface area contributed by atoms with Crippen LogP contribution in [0.25, 0.3) is 11.4 Å². The minimum absolute atomic E-state index is 0.0532. The monoisotopic (exact) mass is 432 g/mol. The molecule has 27 heavy (non-hydrogen) atoms. The Kier molecular flexibility index (Phi) is 6.12. The van der Waals surface area contributed by atoms with Gasteiger partial charge in [-0.25, -0.2) is 9.48 Å². The zero-order valence-corrected chi connectivity index (χ0v) is 16.2. The molecule has 1 aromatic carbocycles. The maximum Gasteiger partial charge on any atom is 0.359 e. The predicted molar refractivity (Wildman–Crippen MR) is 100.0 cm³/mol. The van der Waals surface area contributed by atoms with E-state index in [9.17, 15) is 9.59 Å². The van der Waals surface area contributed by atoms with E-state index in [2.05, 4.69) is 31.2 Å². The molecule has 140 valence electrons. The molecule has 0 radical (unpaired) electrons. The fourth-order valence-corrected chi connectivity index (χ4v) is 2.68. The van der Waals surface area contributed by atoms with Crippen molar-refractivity contribution in [1.29, 1.82) is 0 Å². The molecular weight excluding hydrogens is 416 g/mol. The predicted octanol–water partition coefficient (Wildman–Crippen LogP) is 3.21. The van der Waals surface area contributed by atoms with Gasteiger partial charge in [0, 0.05) is 22.6 Å². The molecule has 0 aliphatic carbocycles. The molecule has 0 aliphatic rings. The maximum absolute atomic E-state index is 12.2. The molecule has 3 aromatic rings. The first-order valence-electron chi connectivity index (χ1n) is 8.40. The van der Waals surface area contributed by atoms with Crippen molar-refractivity contribution < 1.29 is 14.1 Å². The van der Waals surface area contributed by atoms with Gasteiger partial charge in [0.2, 0.25) is 5.82 Å². The number of nitrogens with zero attached hydrogens (tertiary/aromatic N) is 4. The molecule has 8 nitrogen and oxygen atoms in total. The first-order chi connectivity index (χ1) is 13.1. The van der Waals surface area contributed by atoms with Gasteiger partial charge in [-0.1, -0.05) is 46.6 Å². The fraction of sp³-hybridized carbons (Fsp3) is 0.278. The third-order valence-electron chi connectivity index (χ3n) is 3.68. The molecule has 0 bridgehead atoms. The number of esters is 1. The Bertz CT molecular complexity index is 999. The van der Waals surface area contributed by atoms with Crippen molar-refractivity contribution in [2.45, 2.75) is 32.9 Å². The molecule has 3 rings (SSSR count). The summed E-state index contributed by atoms with van der Waals surface area (Å²) in [5.41, 5.74) is 0.573.